The summed E-state index contributed by atoms with van der Waals surface area (Å²) < 4.78 is 0. The molecule has 1 aromatic rings. The number of carbonyl (C=O) groups is 3. The van der Waals surface area contributed by atoms with Crippen LogP contribution in [-0.4, -0.2) is 35.0 Å². The third-order valence-electron chi connectivity index (χ3n) is 3.08. The van der Waals surface area contributed by atoms with E-state index in [1.165, 1.54) is 6.92 Å². The number of carbonyl (C=O) groups excluding carboxylic acids is 2. The van der Waals surface area contributed by atoms with E-state index in [0.29, 0.717) is 6.54 Å². The lowest BCUT2D eigenvalue weighted by Crippen LogP contribution is -2.42. The molecule has 7 heteroatoms. The number of carboxylic acids is 1. The van der Waals surface area contributed by atoms with Crippen LogP contribution < -0.4 is 16.4 Å². The number of nitrogens with two attached hydrogens (primary N) is 1. The van der Waals surface area contributed by atoms with Gasteiger partial charge in [0.15, 0.2) is 0 Å². The first-order chi connectivity index (χ1) is 10.4. The highest BCUT2D eigenvalue weighted by atomic mass is 16.4. The fourth-order valence-corrected chi connectivity index (χ4v) is 1.71. The Hall–Kier alpha value is -2.41. The van der Waals surface area contributed by atoms with Crippen LogP contribution in [0.1, 0.15) is 25.3 Å². The van der Waals surface area contributed by atoms with Gasteiger partial charge in [-0.1, -0.05) is 30.3 Å². The van der Waals surface area contributed by atoms with Gasteiger partial charge in [-0.2, -0.15) is 0 Å². The monoisotopic (exact) mass is 307 g/mol. The van der Waals surface area contributed by atoms with Crippen molar-refractivity contribution < 1.29 is 19.5 Å². The van der Waals surface area contributed by atoms with Gasteiger partial charge in [0.2, 0.25) is 11.8 Å². The molecule has 2 atom stereocenters. The molecule has 0 bridgehead atoms. The van der Waals surface area contributed by atoms with Gasteiger partial charge >= 0.3 is 5.97 Å². The Morgan fingerprint density at radius 3 is 2.45 bits per heavy atom. The van der Waals surface area contributed by atoms with Crippen LogP contribution in [0.3, 0.4) is 0 Å². The maximum Gasteiger partial charge on any atom is 0.325 e. The van der Waals surface area contributed by atoms with Gasteiger partial charge in [-0.3, -0.25) is 14.4 Å². The van der Waals surface area contributed by atoms with Crippen molar-refractivity contribution in [1.82, 2.24) is 10.6 Å². The number of carboxylic acid groups (broad SMARTS) is 1. The number of hydrogen-bond donors (Lipinski definition) is 4. The minimum Gasteiger partial charge on any atom is -0.480 e. The molecule has 0 heterocycles. The Kier molecular flexibility index (Phi) is 7.04. The predicted molar refractivity (Wildman–Crippen MR) is 80.7 cm³/mol. The number of hydrogen-bond acceptors (Lipinski definition) is 4. The minimum atomic E-state index is -1.11. The molecule has 120 valence electrons. The van der Waals surface area contributed by atoms with Gasteiger partial charge in [-0.15, -0.1) is 0 Å². The second kappa shape index (κ2) is 8.78. The van der Waals surface area contributed by atoms with Gasteiger partial charge < -0.3 is 21.5 Å². The average Bonchev–Trinajstić information content (AvgIpc) is 2.51. The fraction of sp³-hybridized carbons (Fsp3) is 0.400. The van der Waals surface area contributed by atoms with Crippen molar-refractivity contribution in [3.05, 3.63) is 35.9 Å². The van der Waals surface area contributed by atoms with Crippen molar-refractivity contribution in [2.24, 2.45) is 5.73 Å². The second-order valence-electron chi connectivity index (χ2n) is 4.98. The smallest absolute Gasteiger partial charge is 0.325 e. The molecule has 0 saturated heterocycles. The minimum absolute atomic E-state index is 0.00244. The summed E-state index contributed by atoms with van der Waals surface area (Å²) in [5.41, 5.74) is 6.67. The number of rotatable bonds is 8. The summed E-state index contributed by atoms with van der Waals surface area (Å²) in [6.45, 7) is 1.74. The SMILES string of the molecule is C[C@@H](NC(=O)CC[C@H](N)C(=O)NCc1ccccc1)C(=O)O. The quantitative estimate of drug-likeness (QED) is 0.538. The van der Waals surface area contributed by atoms with Crippen molar-refractivity contribution >= 4 is 17.8 Å². The first-order valence-corrected chi connectivity index (χ1v) is 6.99. The van der Waals surface area contributed by atoms with Crippen molar-refractivity contribution in [3.63, 3.8) is 0 Å². The Labute approximate surface area is 128 Å². The zero-order valence-electron chi connectivity index (χ0n) is 12.4. The highest BCUT2D eigenvalue weighted by molar-refractivity contribution is 5.85. The number of aliphatic carboxylic acids is 1. The van der Waals surface area contributed by atoms with Crippen LogP contribution in [0.25, 0.3) is 0 Å². The van der Waals surface area contributed by atoms with Gasteiger partial charge in [-0.25, -0.2) is 0 Å². The van der Waals surface area contributed by atoms with Crippen LogP contribution in [-0.2, 0) is 20.9 Å². The molecule has 0 saturated carbocycles. The fourth-order valence-electron chi connectivity index (χ4n) is 1.71. The molecule has 0 aliphatic heterocycles. The topological polar surface area (TPSA) is 122 Å². The van der Waals surface area contributed by atoms with Gasteiger partial charge in [0.05, 0.1) is 6.04 Å². The number of nitrogens with one attached hydrogen (secondary N) is 2. The molecule has 0 spiro atoms. The molecule has 0 fully saturated rings. The molecule has 0 aromatic heterocycles. The summed E-state index contributed by atoms with van der Waals surface area (Å²) in [6, 6.07) is 7.61. The molecule has 1 aromatic carbocycles. The Morgan fingerprint density at radius 2 is 1.86 bits per heavy atom. The summed E-state index contributed by atoms with van der Waals surface area (Å²) in [4.78, 5) is 33.9. The first-order valence-electron chi connectivity index (χ1n) is 6.99. The molecule has 0 aliphatic carbocycles. The molecule has 1 rings (SSSR count). The lowest BCUT2D eigenvalue weighted by Gasteiger charge is -2.13. The third-order valence-corrected chi connectivity index (χ3v) is 3.08. The van der Waals surface area contributed by atoms with E-state index < -0.39 is 24.0 Å². The van der Waals surface area contributed by atoms with Crippen LogP contribution >= 0.6 is 0 Å². The molecule has 0 unspecified atom stereocenters. The highest BCUT2D eigenvalue weighted by Crippen LogP contribution is 2.00. The van der Waals surface area contributed by atoms with E-state index in [4.69, 9.17) is 10.8 Å². The van der Waals surface area contributed by atoms with Crippen molar-refractivity contribution in [3.8, 4) is 0 Å². The van der Waals surface area contributed by atoms with Crippen LogP contribution in [0.4, 0.5) is 0 Å². The zero-order valence-corrected chi connectivity index (χ0v) is 12.4. The predicted octanol–water partition coefficient (Wildman–Crippen LogP) is -0.000400. The molecule has 22 heavy (non-hydrogen) atoms. The lowest BCUT2D eigenvalue weighted by molar-refractivity contribution is -0.141. The van der Waals surface area contributed by atoms with Crippen molar-refractivity contribution in [1.29, 1.82) is 0 Å². The van der Waals surface area contributed by atoms with Crippen molar-refractivity contribution in [2.75, 3.05) is 0 Å². The molecule has 0 radical (unpaired) electrons. The van der Waals surface area contributed by atoms with Gasteiger partial charge in [0.1, 0.15) is 6.04 Å². The Bertz CT molecular complexity index is 519. The summed E-state index contributed by atoms with van der Waals surface area (Å²) in [6.07, 6.45) is 0.149. The van der Waals surface area contributed by atoms with E-state index in [-0.39, 0.29) is 18.7 Å². The highest BCUT2D eigenvalue weighted by Gasteiger charge is 2.17. The van der Waals surface area contributed by atoms with E-state index in [9.17, 15) is 14.4 Å². The average molecular weight is 307 g/mol. The van der Waals surface area contributed by atoms with Gasteiger partial charge in [0.25, 0.3) is 0 Å². The van der Waals surface area contributed by atoms with Crippen LogP contribution in [0.15, 0.2) is 30.3 Å². The van der Waals surface area contributed by atoms with E-state index in [1.54, 1.807) is 0 Å². The standard InChI is InChI=1S/C15H21N3O4/c1-10(15(21)22)18-13(19)8-7-12(16)14(20)17-9-11-5-3-2-4-6-11/h2-6,10,12H,7-9,16H2,1H3,(H,17,20)(H,18,19)(H,21,22)/t10-,12+/m1/s1. The van der Waals surface area contributed by atoms with Crippen molar-refractivity contribution in [2.45, 2.75) is 38.4 Å². The molecule has 5 N–H and O–H groups in total. The molecule has 0 aliphatic rings. The van der Waals surface area contributed by atoms with E-state index in [2.05, 4.69) is 10.6 Å². The summed E-state index contributed by atoms with van der Waals surface area (Å²) >= 11 is 0. The second-order valence-corrected chi connectivity index (χ2v) is 4.98. The number of amides is 2. The largest absolute Gasteiger partial charge is 0.480 e. The third kappa shape index (κ3) is 6.36. The normalized spacial score (nSPS) is 13.0. The molecule has 7 nitrogen and oxygen atoms in total. The van der Waals surface area contributed by atoms with E-state index in [0.717, 1.165) is 5.56 Å². The molecule has 2 amide bonds. The first kappa shape index (κ1) is 17.6. The van der Waals surface area contributed by atoms with Crippen LogP contribution in [0.5, 0.6) is 0 Å². The van der Waals surface area contributed by atoms with Gasteiger partial charge in [0, 0.05) is 13.0 Å². The maximum atomic E-state index is 11.8. The Morgan fingerprint density at radius 1 is 1.23 bits per heavy atom. The number of benzene rings is 1. The van der Waals surface area contributed by atoms with E-state index >= 15 is 0 Å². The Balaban J connectivity index is 2.29. The summed E-state index contributed by atoms with van der Waals surface area (Å²) in [7, 11) is 0. The van der Waals surface area contributed by atoms with Crippen LogP contribution in [0.2, 0.25) is 0 Å². The van der Waals surface area contributed by atoms with E-state index in [1.807, 2.05) is 30.3 Å². The summed E-state index contributed by atoms with van der Waals surface area (Å²) in [5, 5.41) is 13.7. The van der Waals surface area contributed by atoms with Crippen LogP contribution in [0, 0.1) is 0 Å². The lowest BCUT2D eigenvalue weighted by atomic mass is 10.1. The molecular formula is C15H21N3O4. The zero-order chi connectivity index (χ0) is 16.5. The van der Waals surface area contributed by atoms with Gasteiger partial charge in [-0.05, 0) is 18.9 Å². The molecular weight excluding hydrogens is 286 g/mol. The summed E-state index contributed by atoms with van der Waals surface area (Å²) in [5.74, 6) is -1.90. The maximum absolute atomic E-state index is 11.8.